The van der Waals surface area contributed by atoms with E-state index in [1.54, 1.807) is 0 Å². The van der Waals surface area contributed by atoms with E-state index in [2.05, 4.69) is 43.3 Å². The monoisotopic (exact) mass is 268 g/mol. The largest absolute Gasteiger partial charge is 0.466 e. The molecule has 2 aromatic carbocycles. The molecule has 0 aliphatic carbocycles. The van der Waals surface area contributed by atoms with Gasteiger partial charge in [-0.3, -0.25) is 4.79 Å². The van der Waals surface area contributed by atoms with E-state index in [4.69, 9.17) is 4.74 Å². The van der Waals surface area contributed by atoms with Crippen molar-refractivity contribution in [2.45, 2.75) is 26.2 Å². The summed E-state index contributed by atoms with van der Waals surface area (Å²) in [6.45, 7) is 4.32. The van der Waals surface area contributed by atoms with Gasteiger partial charge in [-0.2, -0.15) is 0 Å². The van der Waals surface area contributed by atoms with Crippen molar-refractivity contribution in [3.05, 3.63) is 60.2 Å². The lowest BCUT2D eigenvalue weighted by atomic mass is 9.95. The summed E-state index contributed by atoms with van der Waals surface area (Å²) >= 11 is 0. The summed E-state index contributed by atoms with van der Waals surface area (Å²) in [6, 6.07) is 18.7. The van der Waals surface area contributed by atoms with Gasteiger partial charge >= 0.3 is 5.97 Å². The fourth-order valence-corrected chi connectivity index (χ4v) is 2.22. The number of benzene rings is 2. The number of carbonyl (C=O) groups excluding carboxylic acids is 1. The maximum absolute atomic E-state index is 11.5. The molecule has 2 rings (SSSR count). The fourth-order valence-electron chi connectivity index (χ4n) is 2.22. The third-order valence-corrected chi connectivity index (χ3v) is 3.37. The number of esters is 1. The van der Waals surface area contributed by atoms with Crippen LogP contribution in [0.5, 0.6) is 0 Å². The standard InChI is InChI=1S/C18H20O2/c1-3-20-18(19)13-14(2)15-9-11-17(12-10-15)16-7-5-4-6-8-16/h4-12,14H,3,13H2,1-2H3. The third kappa shape index (κ3) is 3.70. The quantitative estimate of drug-likeness (QED) is 0.751. The molecule has 0 bridgehead atoms. The van der Waals surface area contributed by atoms with Crippen molar-refractivity contribution in [3.63, 3.8) is 0 Å². The average Bonchev–Trinajstić information content (AvgIpc) is 2.48. The molecule has 0 spiro atoms. The van der Waals surface area contributed by atoms with Crippen LogP contribution in [0.3, 0.4) is 0 Å². The van der Waals surface area contributed by atoms with Crippen molar-refractivity contribution in [1.29, 1.82) is 0 Å². The smallest absolute Gasteiger partial charge is 0.306 e. The summed E-state index contributed by atoms with van der Waals surface area (Å²) in [5.41, 5.74) is 3.56. The van der Waals surface area contributed by atoms with E-state index in [0.717, 1.165) is 5.56 Å². The normalized spacial score (nSPS) is 11.9. The van der Waals surface area contributed by atoms with E-state index in [9.17, 15) is 4.79 Å². The van der Waals surface area contributed by atoms with E-state index in [1.165, 1.54) is 11.1 Å². The maximum atomic E-state index is 11.5. The van der Waals surface area contributed by atoms with Gasteiger partial charge in [0.05, 0.1) is 13.0 Å². The van der Waals surface area contributed by atoms with Crippen LogP contribution in [-0.2, 0) is 9.53 Å². The highest BCUT2D eigenvalue weighted by molar-refractivity contribution is 5.70. The first-order chi connectivity index (χ1) is 9.70. The van der Waals surface area contributed by atoms with Crippen LogP contribution in [0.4, 0.5) is 0 Å². The molecular formula is C18H20O2. The molecule has 0 amide bonds. The van der Waals surface area contributed by atoms with Gasteiger partial charge in [0, 0.05) is 0 Å². The molecule has 0 fully saturated rings. The van der Waals surface area contributed by atoms with Gasteiger partial charge in [0.1, 0.15) is 0 Å². The Hall–Kier alpha value is -2.09. The van der Waals surface area contributed by atoms with Gasteiger partial charge in [-0.25, -0.2) is 0 Å². The zero-order valence-electron chi connectivity index (χ0n) is 12.0. The van der Waals surface area contributed by atoms with Crippen molar-refractivity contribution >= 4 is 5.97 Å². The molecule has 0 heterocycles. The molecule has 20 heavy (non-hydrogen) atoms. The zero-order chi connectivity index (χ0) is 14.4. The summed E-state index contributed by atoms with van der Waals surface area (Å²) in [4.78, 5) is 11.5. The van der Waals surface area contributed by atoms with E-state index in [0.29, 0.717) is 13.0 Å². The molecule has 0 saturated carbocycles. The Balaban J connectivity index is 2.06. The first-order valence-corrected chi connectivity index (χ1v) is 7.01. The Labute approximate surface area is 120 Å². The summed E-state index contributed by atoms with van der Waals surface area (Å²) < 4.78 is 4.99. The van der Waals surface area contributed by atoms with Crippen LogP contribution in [0.25, 0.3) is 11.1 Å². The molecule has 2 nitrogen and oxygen atoms in total. The lowest BCUT2D eigenvalue weighted by Crippen LogP contribution is -2.08. The molecule has 0 aliphatic heterocycles. The summed E-state index contributed by atoms with van der Waals surface area (Å²) in [7, 11) is 0. The van der Waals surface area contributed by atoms with Crippen LogP contribution < -0.4 is 0 Å². The van der Waals surface area contributed by atoms with Gasteiger partial charge in [-0.1, -0.05) is 61.5 Å². The Kier molecular flexibility index (Phi) is 4.94. The molecule has 0 aromatic heterocycles. The summed E-state index contributed by atoms with van der Waals surface area (Å²) in [5.74, 6) is 0.0472. The average molecular weight is 268 g/mol. The third-order valence-electron chi connectivity index (χ3n) is 3.37. The molecule has 2 aromatic rings. The zero-order valence-corrected chi connectivity index (χ0v) is 12.0. The van der Waals surface area contributed by atoms with Crippen LogP contribution in [0.2, 0.25) is 0 Å². The summed E-state index contributed by atoms with van der Waals surface area (Å²) in [6.07, 6.45) is 0.429. The van der Waals surface area contributed by atoms with Crippen molar-refractivity contribution in [1.82, 2.24) is 0 Å². The lowest BCUT2D eigenvalue weighted by Gasteiger charge is -2.12. The van der Waals surface area contributed by atoms with Gasteiger partial charge in [0.25, 0.3) is 0 Å². The van der Waals surface area contributed by atoms with Gasteiger partial charge in [-0.05, 0) is 29.5 Å². The van der Waals surface area contributed by atoms with E-state index >= 15 is 0 Å². The number of ether oxygens (including phenoxy) is 1. The minimum Gasteiger partial charge on any atom is -0.466 e. The van der Waals surface area contributed by atoms with Gasteiger partial charge in [0.2, 0.25) is 0 Å². The first-order valence-electron chi connectivity index (χ1n) is 7.01. The number of hydrogen-bond acceptors (Lipinski definition) is 2. The first kappa shape index (κ1) is 14.3. The highest BCUT2D eigenvalue weighted by Crippen LogP contribution is 2.24. The van der Waals surface area contributed by atoms with Crippen molar-refractivity contribution in [2.75, 3.05) is 6.61 Å². The van der Waals surface area contributed by atoms with Crippen molar-refractivity contribution in [2.24, 2.45) is 0 Å². The SMILES string of the molecule is CCOC(=O)CC(C)c1ccc(-c2ccccc2)cc1. The molecular weight excluding hydrogens is 248 g/mol. The van der Waals surface area contributed by atoms with Crippen molar-refractivity contribution in [3.8, 4) is 11.1 Å². The van der Waals surface area contributed by atoms with Gasteiger partial charge in [0.15, 0.2) is 0 Å². The second-order valence-electron chi connectivity index (χ2n) is 4.90. The van der Waals surface area contributed by atoms with E-state index in [-0.39, 0.29) is 11.9 Å². The predicted octanol–water partition coefficient (Wildman–Crippen LogP) is 4.41. The number of carbonyl (C=O) groups is 1. The highest BCUT2D eigenvalue weighted by atomic mass is 16.5. The fraction of sp³-hybridized carbons (Fsp3) is 0.278. The molecule has 0 N–H and O–H groups in total. The van der Waals surface area contributed by atoms with Crippen LogP contribution in [0, 0.1) is 0 Å². The molecule has 0 radical (unpaired) electrons. The Morgan fingerprint density at radius 2 is 1.60 bits per heavy atom. The number of hydrogen-bond donors (Lipinski definition) is 0. The van der Waals surface area contributed by atoms with Gasteiger partial charge < -0.3 is 4.74 Å². The van der Waals surface area contributed by atoms with Crippen molar-refractivity contribution < 1.29 is 9.53 Å². The van der Waals surface area contributed by atoms with Gasteiger partial charge in [-0.15, -0.1) is 0 Å². The number of rotatable bonds is 5. The maximum Gasteiger partial charge on any atom is 0.306 e. The van der Waals surface area contributed by atoms with Crippen LogP contribution in [0.15, 0.2) is 54.6 Å². The Bertz CT molecular complexity index is 543. The van der Waals surface area contributed by atoms with Crippen LogP contribution in [-0.4, -0.2) is 12.6 Å². The van der Waals surface area contributed by atoms with Crippen LogP contribution >= 0.6 is 0 Å². The van der Waals surface area contributed by atoms with E-state index in [1.807, 2.05) is 25.1 Å². The molecule has 0 aliphatic rings. The van der Waals surface area contributed by atoms with E-state index < -0.39 is 0 Å². The van der Waals surface area contributed by atoms with Crippen LogP contribution in [0.1, 0.15) is 31.7 Å². The molecule has 2 heteroatoms. The predicted molar refractivity (Wildman–Crippen MR) is 81.5 cm³/mol. The second kappa shape index (κ2) is 6.90. The second-order valence-corrected chi connectivity index (χ2v) is 4.90. The lowest BCUT2D eigenvalue weighted by molar-refractivity contribution is -0.143. The minimum absolute atomic E-state index is 0.132. The highest BCUT2D eigenvalue weighted by Gasteiger charge is 2.12. The molecule has 1 unspecified atom stereocenters. The molecule has 1 atom stereocenters. The molecule has 0 saturated heterocycles. The Morgan fingerprint density at radius 3 is 2.20 bits per heavy atom. The minimum atomic E-state index is -0.132. The topological polar surface area (TPSA) is 26.3 Å². The Morgan fingerprint density at radius 1 is 1.00 bits per heavy atom. The molecule has 104 valence electrons. The summed E-state index contributed by atoms with van der Waals surface area (Å²) in [5, 5.41) is 0.